The number of hydrazone groups is 1. The van der Waals surface area contributed by atoms with Crippen LogP contribution in [0.25, 0.3) is 0 Å². The molecule has 0 aliphatic rings. The van der Waals surface area contributed by atoms with Gasteiger partial charge >= 0.3 is 5.69 Å². The molecule has 0 saturated heterocycles. The van der Waals surface area contributed by atoms with Crippen molar-refractivity contribution in [1.82, 2.24) is 0 Å². The number of para-hydroxylation sites is 1. The third kappa shape index (κ3) is 3.51. The van der Waals surface area contributed by atoms with Gasteiger partial charge < -0.3 is 9.47 Å². The summed E-state index contributed by atoms with van der Waals surface area (Å²) in [4.78, 5) is 10.5. The van der Waals surface area contributed by atoms with Crippen molar-refractivity contribution >= 4 is 17.6 Å². The average molecular weight is 301 g/mol. The molecule has 0 radical (unpaired) electrons. The Hall–Kier alpha value is -3.09. The predicted molar refractivity (Wildman–Crippen MR) is 83.9 cm³/mol. The molecule has 2 rings (SSSR count). The summed E-state index contributed by atoms with van der Waals surface area (Å²) in [6.07, 6.45) is 1.46. The number of nitrogens with zero attached hydrogens (tertiary/aromatic N) is 2. The van der Waals surface area contributed by atoms with Crippen LogP contribution in [0.3, 0.4) is 0 Å². The van der Waals surface area contributed by atoms with Gasteiger partial charge in [-0.05, 0) is 12.1 Å². The summed E-state index contributed by atoms with van der Waals surface area (Å²) in [7, 11) is 2.84. The van der Waals surface area contributed by atoms with Crippen LogP contribution in [0.5, 0.6) is 11.5 Å². The fourth-order valence-corrected chi connectivity index (χ4v) is 1.84. The van der Waals surface area contributed by atoms with Gasteiger partial charge in [-0.25, -0.2) is 0 Å². The summed E-state index contributed by atoms with van der Waals surface area (Å²) in [5, 5.41) is 15.1. The minimum atomic E-state index is -0.514. The van der Waals surface area contributed by atoms with Crippen LogP contribution >= 0.6 is 0 Å². The molecule has 22 heavy (non-hydrogen) atoms. The zero-order chi connectivity index (χ0) is 15.9. The molecule has 0 saturated carbocycles. The SMILES string of the molecule is COc1cc(OC)c([N+](=O)[O-])cc1/C=N\Nc1ccccc1. The Labute approximate surface area is 127 Å². The molecule has 7 heteroatoms. The number of nitro groups is 1. The van der Waals surface area contributed by atoms with Crippen molar-refractivity contribution in [3.05, 3.63) is 58.1 Å². The number of benzene rings is 2. The molecular weight excluding hydrogens is 286 g/mol. The number of hydrogen-bond acceptors (Lipinski definition) is 6. The standard InChI is InChI=1S/C15H15N3O4/c1-21-14-9-15(22-2)13(18(19)20)8-11(14)10-16-17-12-6-4-3-5-7-12/h3-10,17H,1-2H3/b16-10-. The van der Waals surface area contributed by atoms with E-state index in [0.29, 0.717) is 11.3 Å². The smallest absolute Gasteiger partial charge is 0.311 e. The van der Waals surface area contributed by atoms with Gasteiger partial charge in [0.2, 0.25) is 5.75 Å². The van der Waals surface area contributed by atoms with Gasteiger partial charge in [-0.15, -0.1) is 0 Å². The third-order valence-electron chi connectivity index (χ3n) is 2.90. The lowest BCUT2D eigenvalue weighted by Gasteiger charge is -2.08. The monoisotopic (exact) mass is 301 g/mol. The normalized spacial score (nSPS) is 10.5. The van der Waals surface area contributed by atoms with Gasteiger partial charge in [-0.2, -0.15) is 5.10 Å². The first-order valence-corrected chi connectivity index (χ1v) is 6.40. The molecule has 114 valence electrons. The molecule has 0 unspecified atom stereocenters. The fraction of sp³-hybridized carbons (Fsp3) is 0.133. The second-order valence-corrected chi connectivity index (χ2v) is 4.26. The maximum absolute atomic E-state index is 11.1. The molecule has 0 amide bonds. The fourth-order valence-electron chi connectivity index (χ4n) is 1.84. The largest absolute Gasteiger partial charge is 0.496 e. The zero-order valence-electron chi connectivity index (χ0n) is 12.1. The van der Waals surface area contributed by atoms with Gasteiger partial charge in [-0.3, -0.25) is 15.5 Å². The number of methoxy groups -OCH3 is 2. The van der Waals surface area contributed by atoms with Gasteiger partial charge in [0.15, 0.2) is 0 Å². The third-order valence-corrected chi connectivity index (χ3v) is 2.90. The van der Waals surface area contributed by atoms with E-state index in [1.54, 1.807) is 0 Å². The highest BCUT2D eigenvalue weighted by molar-refractivity contribution is 5.86. The number of anilines is 1. The molecule has 2 aromatic carbocycles. The van der Waals surface area contributed by atoms with E-state index in [1.807, 2.05) is 30.3 Å². The topological polar surface area (TPSA) is 86.0 Å². The lowest BCUT2D eigenvalue weighted by atomic mass is 10.1. The number of hydrogen-bond donors (Lipinski definition) is 1. The first-order chi connectivity index (χ1) is 10.7. The summed E-state index contributed by atoms with van der Waals surface area (Å²) in [6.45, 7) is 0. The van der Waals surface area contributed by atoms with Crippen molar-refractivity contribution in [2.24, 2.45) is 5.10 Å². The van der Waals surface area contributed by atoms with E-state index in [2.05, 4.69) is 10.5 Å². The molecule has 0 fully saturated rings. The molecule has 0 aliphatic carbocycles. The number of nitrogens with one attached hydrogen (secondary N) is 1. The Morgan fingerprint density at radius 1 is 1.14 bits per heavy atom. The highest BCUT2D eigenvalue weighted by Gasteiger charge is 2.18. The molecule has 0 spiro atoms. The number of nitro benzene ring substituents is 1. The van der Waals surface area contributed by atoms with Crippen LogP contribution in [0.15, 0.2) is 47.6 Å². The van der Waals surface area contributed by atoms with Crippen LogP contribution in [0.2, 0.25) is 0 Å². The van der Waals surface area contributed by atoms with E-state index in [9.17, 15) is 10.1 Å². The molecule has 2 aromatic rings. The van der Waals surface area contributed by atoms with Gasteiger partial charge in [0.25, 0.3) is 0 Å². The molecule has 0 aliphatic heterocycles. The molecule has 0 aromatic heterocycles. The van der Waals surface area contributed by atoms with E-state index in [4.69, 9.17) is 9.47 Å². The van der Waals surface area contributed by atoms with Crippen molar-refractivity contribution < 1.29 is 14.4 Å². The summed E-state index contributed by atoms with van der Waals surface area (Å²) in [5.41, 5.74) is 3.96. The van der Waals surface area contributed by atoms with E-state index < -0.39 is 4.92 Å². The zero-order valence-corrected chi connectivity index (χ0v) is 12.1. The van der Waals surface area contributed by atoms with Crippen LogP contribution in [-0.2, 0) is 0 Å². The summed E-state index contributed by atoms with van der Waals surface area (Å²) < 4.78 is 10.2. The van der Waals surface area contributed by atoms with Crippen LogP contribution in [-0.4, -0.2) is 25.4 Å². The molecule has 1 N–H and O–H groups in total. The minimum absolute atomic E-state index is 0.134. The van der Waals surface area contributed by atoms with E-state index >= 15 is 0 Å². The highest BCUT2D eigenvalue weighted by atomic mass is 16.6. The Morgan fingerprint density at radius 2 is 1.82 bits per heavy atom. The molecule has 0 heterocycles. The van der Waals surface area contributed by atoms with Crippen molar-refractivity contribution in [2.45, 2.75) is 0 Å². The van der Waals surface area contributed by atoms with Crippen LogP contribution in [0.4, 0.5) is 11.4 Å². The van der Waals surface area contributed by atoms with Crippen molar-refractivity contribution in [2.75, 3.05) is 19.6 Å². The van der Waals surface area contributed by atoms with Gasteiger partial charge in [0.1, 0.15) is 5.75 Å². The Kier molecular flexibility index (Phi) is 4.92. The lowest BCUT2D eigenvalue weighted by Crippen LogP contribution is -1.99. The summed E-state index contributed by atoms with van der Waals surface area (Å²) in [5.74, 6) is 0.566. The van der Waals surface area contributed by atoms with Gasteiger partial charge in [0, 0.05) is 17.7 Å². The summed E-state index contributed by atoms with van der Waals surface area (Å²) >= 11 is 0. The van der Waals surface area contributed by atoms with Crippen LogP contribution in [0, 0.1) is 10.1 Å². The molecule has 0 atom stereocenters. The van der Waals surface area contributed by atoms with E-state index in [0.717, 1.165) is 5.69 Å². The maximum Gasteiger partial charge on any atom is 0.311 e. The first-order valence-electron chi connectivity index (χ1n) is 6.40. The highest BCUT2D eigenvalue weighted by Crippen LogP contribution is 2.33. The maximum atomic E-state index is 11.1. The van der Waals surface area contributed by atoms with Gasteiger partial charge in [-0.1, -0.05) is 18.2 Å². The van der Waals surface area contributed by atoms with Crippen molar-refractivity contribution in [3.63, 3.8) is 0 Å². The second kappa shape index (κ2) is 7.07. The van der Waals surface area contributed by atoms with Gasteiger partial charge in [0.05, 0.1) is 31.0 Å². The van der Waals surface area contributed by atoms with Crippen LogP contribution in [0.1, 0.15) is 5.56 Å². The Morgan fingerprint density at radius 3 is 2.41 bits per heavy atom. The van der Waals surface area contributed by atoms with E-state index in [1.165, 1.54) is 32.6 Å². The van der Waals surface area contributed by atoms with E-state index in [-0.39, 0.29) is 11.4 Å². The summed E-state index contributed by atoms with van der Waals surface area (Å²) in [6, 6.07) is 12.2. The minimum Gasteiger partial charge on any atom is -0.496 e. The molecule has 7 nitrogen and oxygen atoms in total. The Bertz CT molecular complexity index is 687. The predicted octanol–water partition coefficient (Wildman–Crippen LogP) is 3.06. The Balaban J connectivity index is 2.29. The molecule has 0 bridgehead atoms. The van der Waals surface area contributed by atoms with Crippen LogP contribution < -0.4 is 14.9 Å². The number of ether oxygens (including phenoxy) is 2. The quantitative estimate of drug-likeness (QED) is 0.503. The second-order valence-electron chi connectivity index (χ2n) is 4.26. The van der Waals surface area contributed by atoms with Crippen molar-refractivity contribution in [1.29, 1.82) is 0 Å². The first kappa shape index (κ1) is 15.3. The number of rotatable bonds is 6. The molecular formula is C15H15N3O4. The lowest BCUT2D eigenvalue weighted by molar-refractivity contribution is -0.385. The van der Waals surface area contributed by atoms with Crippen molar-refractivity contribution in [3.8, 4) is 11.5 Å². The average Bonchev–Trinajstić information content (AvgIpc) is 2.55.